The van der Waals surface area contributed by atoms with Gasteiger partial charge >= 0.3 is 0 Å². The van der Waals surface area contributed by atoms with Gasteiger partial charge in [0.2, 0.25) is 0 Å². The predicted molar refractivity (Wildman–Crippen MR) is 125 cm³/mol. The lowest BCUT2D eigenvalue weighted by molar-refractivity contribution is -0.112. The first kappa shape index (κ1) is 21.9. The van der Waals surface area contributed by atoms with Gasteiger partial charge in [-0.3, -0.25) is 4.79 Å². The molecule has 0 aliphatic carbocycles. The topological polar surface area (TPSA) is 56.1 Å². The van der Waals surface area contributed by atoms with Crippen molar-refractivity contribution in [3.63, 3.8) is 0 Å². The molecule has 0 spiro atoms. The first-order valence-corrected chi connectivity index (χ1v) is 10.5. The molecule has 0 bridgehead atoms. The molecule has 4 nitrogen and oxygen atoms in total. The second-order valence-corrected chi connectivity index (χ2v) is 9.19. The number of nitriles is 1. The van der Waals surface area contributed by atoms with Gasteiger partial charge in [0.25, 0.3) is 5.91 Å². The number of halogens is 1. The molecule has 1 aliphatic rings. The fraction of sp³-hybridized carbons (Fsp3) is 0.360. The second-order valence-electron chi connectivity index (χ2n) is 8.78. The summed E-state index contributed by atoms with van der Waals surface area (Å²) in [5.41, 5.74) is 5.78. The molecule has 0 unspecified atom stereocenters. The van der Waals surface area contributed by atoms with Gasteiger partial charge in [-0.1, -0.05) is 30.7 Å². The summed E-state index contributed by atoms with van der Waals surface area (Å²) < 4.78 is 0. The van der Waals surface area contributed by atoms with Crippen molar-refractivity contribution < 1.29 is 4.79 Å². The fourth-order valence-corrected chi connectivity index (χ4v) is 4.31. The molecule has 156 valence electrons. The van der Waals surface area contributed by atoms with Crippen LogP contribution in [0.15, 0.2) is 35.9 Å². The first-order valence-electron chi connectivity index (χ1n) is 10.1. The van der Waals surface area contributed by atoms with Crippen LogP contribution in [0.3, 0.4) is 0 Å². The Labute approximate surface area is 184 Å². The van der Waals surface area contributed by atoms with Crippen molar-refractivity contribution in [2.24, 2.45) is 0 Å². The van der Waals surface area contributed by atoms with Gasteiger partial charge in [0.1, 0.15) is 11.6 Å². The van der Waals surface area contributed by atoms with Crippen LogP contribution in [0.1, 0.15) is 55.4 Å². The highest BCUT2D eigenvalue weighted by Crippen LogP contribution is 2.44. The Kier molecular flexibility index (Phi) is 5.97. The lowest BCUT2D eigenvalue weighted by atomic mass is 9.80. The summed E-state index contributed by atoms with van der Waals surface area (Å²) in [7, 11) is 2.08. The number of hydrogen-bond acceptors (Lipinski definition) is 3. The number of hydrogen-bond donors (Lipinski definition) is 1. The van der Waals surface area contributed by atoms with Gasteiger partial charge in [-0.15, -0.1) is 0 Å². The maximum atomic E-state index is 12.8. The van der Waals surface area contributed by atoms with Gasteiger partial charge in [0.15, 0.2) is 0 Å². The van der Waals surface area contributed by atoms with Gasteiger partial charge in [0, 0.05) is 29.0 Å². The molecular weight excluding hydrogens is 394 g/mol. The monoisotopic (exact) mass is 421 g/mol. The smallest absolute Gasteiger partial charge is 0.266 e. The standard InChI is InChI=1S/C25H28ClN3O/c1-15-8-7-9-22(17(15)3)28-24(30)19(14-27)10-18-11-20-16(2)13-25(4,5)29(6)23(20)12-21(18)26/h7-12,16H,13H2,1-6H3,(H,28,30)/b19-10-/t16-/m0/s1. The highest BCUT2D eigenvalue weighted by molar-refractivity contribution is 6.32. The quantitative estimate of drug-likeness (QED) is 0.472. The van der Waals surface area contributed by atoms with E-state index < -0.39 is 5.91 Å². The van der Waals surface area contributed by atoms with Gasteiger partial charge in [-0.2, -0.15) is 5.26 Å². The minimum absolute atomic E-state index is 0.0231. The minimum atomic E-state index is -0.439. The van der Waals surface area contributed by atoms with Crippen LogP contribution in [0.5, 0.6) is 0 Å². The van der Waals surface area contributed by atoms with E-state index in [4.69, 9.17) is 11.6 Å². The van der Waals surface area contributed by atoms with Crippen molar-refractivity contribution in [1.82, 2.24) is 0 Å². The number of anilines is 2. The highest BCUT2D eigenvalue weighted by Gasteiger charge is 2.34. The van der Waals surface area contributed by atoms with E-state index in [9.17, 15) is 10.1 Å². The lowest BCUT2D eigenvalue weighted by Gasteiger charge is -2.45. The number of benzene rings is 2. The van der Waals surface area contributed by atoms with Crippen LogP contribution in [0.4, 0.5) is 11.4 Å². The number of carbonyl (C=O) groups excluding carboxylic acids is 1. The molecule has 0 fully saturated rings. The molecule has 2 aromatic rings. The Morgan fingerprint density at radius 3 is 2.70 bits per heavy atom. The van der Waals surface area contributed by atoms with Crippen molar-refractivity contribution in [3.05, 3.63) is 63.2 Å². The summed E-state index contributed by atoms with van der Waals surface area (Å²) in [5.74, 6) is -0.0868. The maximum Gasteiger partial charge on any atom is 0.266 e. The first-order chi connectivity index (χ1) is 14.0. The molecule has 1 amide bonds. The van der Waals surface area contributed by atoms with E-state index >= 15 is 0 Å². The highest BCUT2D eigenvalue weighted by atomic mass is 35.5. The summed E-state index contributed by atoms with van der Waals surface area (Å²) in [6, 6.07) is 11.7. The Morgan fingerprint density at radius 2 is 2.03 bits per heavy atom. The molecular formula is C25H28ClN3O. The number of amides is 1. The molecule has 3 rings (SSSR count). The minimum Gasteiger partial charge on any atom is -0.369 e. The van der Waals surface area contributed by atoms with E-state index in [-0.39, 0.29) is 11.1 Å². The summed E-state index contributed by atoms with van der Waals surface area (Å²) >= 11 is 6.57. The van der Waals surface area contributed by atoms with Crippen molar-refractivity contribution >= 4 is 35.0 Å². The molecule has 1 heterocycles. The van der Waals surface area contributed by atoms with Crippen LogP contribution in [-0.4, -0.2) is 18.5 Å². The zero-order valence-corrected chi connectivity index (χ0v) is 19.2. The third kappa shape index (κ3) is 4.08. The molecule has 1 N–H and O–H groups in total. The van der Waals surface area contributed by atoms with Gasteiger partial charge in [0.05, 0.1) is 0 Å². The summed E-state index contributed by atoms with van der Waals surface area (Å²) in [5, 5.41) is 13.0. The van der Waals surface area contributed by atoms with Crippen LogP contribution >= 0.6 is 11.6 Å². The summed E-state index contributed by atoms with van der Waals surface area (Å²) in [6.45, 7) is 10.6. The van der Waals surface area contributed by atoms with Gasteiger partial charge in [-0.05, 0) is 86.6 Å². The lowest BCUT2D eigenvalue weighted by Crippen LogP contribution is -2.45. The Morgan fingerprint density at radius 1 is 1.33 bits per heavy atom. The zero-order valence-electron chi connectivity index (χ0n) is 18.4. The van der Waals surface area contributed by atoms with E-state index in [0.717, 1.165) is 23.2 Å². The molecule has 5 heteroatoms. The van der Waals surface area contributed by atoms with E-state index in [1.54, 1.807) is 6.08 Å². The van der Waals surface area contributed by atoms with Crippen LogP contribution < -0.4 is 10.2 Å². The molecule has 30 heavy (non-hydrogen) atoms. The fourth-order valence-electron chi connectivity index (χ4n) is 4.10. The predicted octanol–water partition coefficient (Wildman–Crippen LogP) is 6.22. The molecule has 0 saturated heterocycles. The van der Waals surface area contributed by atoms with Crippen LogP contribution in [0.25, 0.3) is 6.08 Å². The van der Waals surface area contributed by atoms with Crippen molar-refractivity contribution in [1.29, 1.82) is 5.26 Å². The molecule has 0 saturated carbocycles. The molecule has 0 radical (unpaired) electrons. The third-order valence-electron chi connectivity index (χ3n) is 6.27. The molecule has 2 aromatic carbocycles. The van der Waals surface area contributed by atoms with Gasteiger partial charge in [-0.25, -0.2) is 0 Å². The molecule has 1 atom stereocenters. The maximum absolute atomic E-state index is 12.8. The van der Waals surface area contributed by atoms with Gasteiger partial charge < -0.3 is 10.2 Å². The van der Waals surface area contributed by atoms with E-state index in [1.165, 1.54) is 5.56 Å². The number of nitrogens with zero attached hydrogens (tertiary/aromatic N) is 2. The number of carbonyl (C=O) groups is 1. The van der Waals surface area contributed by atoms with Crippen molar-refractivity contribution in [2.75, 3.05) is 17.3 Å². The average Bonchev–Trinajstić information content (AvgIpc) is 2.68. The van der Waals surface area contributed by atoms with Crippen LogP contribution in [0.2, 0.25) is 5.02 Å². The van der Waals surface area contributed by atoms with Crippen molar-refractivity contribution in [2.45, 2.75) is 52.5 Å². The largest absolute Gasteiger partial charge is 0.369 e. The zero-order chi connectivity index (χ0) is 22.2. The number of nitrogens with one attached hydrogen (secondary N) is 1. The van der Waals surface area contributed by atoms with E-state index in [1.807, 2.05) is 50.2 Å². The van der Waals surface area contributed by atoms with Crippen molar-refractivity contribution in [3.8, 4) is 6.07 Å². The number of rotatable bonds is 3. The van der Waals surface area contributed by atoms with Crippen LogP contribution in [0, 0.1) is 25.2 Å². The van der Waals surface area contributed by atoms with Crippen LogP contribution in [-0.2, 0) is 4.79 Å². The molecule has 0 aromatic heterocycles. The third-order valence-corrected chi connectivity index (χ3v) is 6.60. The number of fused-ring (bicyclic) bond motifs is 1. The number of aryl methyl sites for hydroxylation is 1. The summed E-state index contributed by atoms with van der Waals surface area (Å²) in [4.78, 5) is 15.0. The second kappa shape index (κ2) is 8.16. The molecule has 1 aliphatic heterocycles. The van der Waals surface area contributed by atoms with E-state index in [0.29, 0.717) is 22.2 Å². The SMILES string of the molecule is Cc1cccc(NC(=O)/C(C#N)=C\c2cc3c(cc2Cl)N(C)C(C)(C)C[C@@H]3C)c1C. The normalized spacial score (nSPS) is 17.9. The Balaban J connectivity index is 1.97. The average molecular weight is 422 g/mol. The summed E-state index contributed by atoms with van der Waals surface area (Å²) in [6.07, 6.45) is 2.59. The Bertz CT molecular complexity index is 1080. The van der Waals surface area contributed by atoms with E-state index in [2.05, 4.69) is 38.0 Å². The Hall–Kier alpha value is -2.77.